The number of hydrogen-bond donors (Lipinski definition) is 2. The number of aromatic nitrogens is 3. The third kappa shape index (κ3) is 3.88. The van der Waals surface area contributed by atoms with Crippen molar-refractivity contribution in [1.82, 2.24) is 15.0 Å². The maximum atomic E-state index is 10.3. The quantitative estimate of drug-likeness (QED) is 0.374. The Hall–Kier alpha value is -3.89. The minimum atomic E-state index is 0.0432. The monoisotopic (exact) mass is 398 g/mol. The van der Waals surface area contributed by atoms with Crippen molar-refractivity contribution in [1.29, 1.82) is 5.26 Å². The molecule has 29 heavy (non-hydrogen) atoms. The van der Waals surface area contributed by atoms with E-state index >= 15 is 0 Å². The summed E-state index contributed by atoms with van der Waals surface area (Å²) in [5, 5.41) is 31.5. The molecule has 4 rings (SSSR count). The Bertz CT molecular complexity index is 1170. The fourth-order valence-electron chi connectivity index (χ4n) is 2.82. The highest BCUT2D eigenvalue weighted by molar-refractivity contribution is 8.03. The van der Waals surface area contributed by atoms with E-state index in [0.717, 1.165) is 16.7 Å². The minimum absolute atomic E-state index is 0.0432. The van der Waals surface area contributed by atoms with E-state index in [1.54, 1.807) is 48.5 Å². The van der Waals surface area contributed by atoms with Crippen LogP contribution in [0.2, 0.25) is 0 Å². The van der Waals surface area contributed by atoms with Crippen LogP contribution in [0.5, 0.6) is 11.5 Å². The first-order valence-corrected chi connectivity index (χ1v) is 9.46. The van der Waals surface area contributed by atoms with Gasteiger partial charge in [0.05, 0.1) is 11.1 Å². The van der Waals surface area contributed by atoms with Crippen LogP contribution in [-0.4, -0.2) is 25.2 Å². The van der Waals surface area contributed by atoms with E-state index in [-0.39, 0.29) is 23.1 Å². The summed E-state index contributed by atoms with van der Waals surface area (Å²) in [4.78, 5) is 14.3. The van der Waals surface area contributed by atoms with Crippen molar-refractivity contribution in [2.24, 2.45) is 0 Å². The van der Waals surface area contributed by atoms with E-state index in [2.05, 4.69) is 15.0 Å². The van der Waals surface area contributed by atoms with Crippen molar-refractivity contribution < 1.29 is 10.2 Å². The zero-order chi connectivity index (χ0) is 20.2. The summed E-state index contributed by atoms with van der Waals surface area (Å²) in [5.74, 6) is 1.02. The van der Waals surface area contributed by atoms with Crippen LogP contribution >= 0.6 is 11.8 Å². The predicted octanol–water partition coefficient (Wildman–Crippen LogP) is 4.86. The van der Waals surface area contributed by atoms with Gasteiger partial charge in [0.25, 0.3) is 0 Å². The molecule has 0 radical (unpaired) electrons. The third-order valence-corrected chi connectivity index (χ3v) is 4.76. The summed E-state index contributed by atoms with van der Waals surface area (Å²) in [6, 6.07) is 20.8. The number of phenols is 2. The molecule has 0 bridgehead atoms. The van der Waals surface area contributed by atoms with Gasteiger partial charge in [-0.2, -0.15) is 5.26 Å². The Balaban J connectivity index is 1.94. The number of hydrogen-bond acceptors (Lipinski definition) is 7. The van der Waals surface area contributed by atoms with E-state index in [1.165, 1.54) is 0 Å². The molecule has 1 aromatic heterocycles. The molecule has 0 saturated carbocycles. The van der Waals surface area contributed by atoms with Crippen LogP contribution in [0, 0.1) is 10.7 Å². The molecule has 2 N–H and O–H groups in total. The van der Waals surface area contributed by atoms with Gasteiger partial charge < -0.3 is 10.2 Å². The largest absolute Gasteiger partial charge is 0.507 e. The number of phenolic OH excluding ortho intramolecular Hbond substituents is 2. The van der Waals surface area contributed by atoms with Gasteiger partial charge in [-0.15, -0.1) is 0 Å². The van der Waals surface area contributed by atoms with Gasteiger partial charge in [0.15, 0.2) is 17.5 Å². The van der Waals surface area contributed by atoms with E-state index in [4.69, 9.17) is 5.26 Å². The summed E-state index contributed by atoms with van der Waals surface area (Å²) < 4.78 is 0. The molecule has 3 aromatic carbocycles. The number of para-hydroxylation sites is 2. The molecule has 0 saturated heterocycles. The standard InChI is InChI=1S/C22H14N4O2S/c23-13-29-15-7-5-6-14(12-15)20-24-21(16-8-1-3-10-18(16)27)26-22(25-20)17-9-2-4-11-19(17)28/h1-12,27-28H. The topological polar surface area (TPSA) is 103 Å². The molecule has 0 aliphatic heterocycles. The van der Waals surface area contributed by atoms with Gasteiger partial charge in [-0.25, -0.2) is 15.0 Å². The molecule has 0 aliphatic rings. The van der Waals surface area contributed by atoms with E-state index < -0.39 is 0 Å². The number of rotatable bonds is 4. The third-order valence-electron chi connectivity index (χ3n) is 4.18. The maximum Gasteiger partial charge on any atom is 0.167 e. The van der Waals surface area contributed by atoms with E-state index in [1.807, 2.05) is 29.7 Å². The number of nitriles is 1. The van der Waals surface area contributed by atoms with E-state index in [9.17, 15) is 10.2 Å². The number of benzene rings is 3. The molecule has 0 fully saturated rings. The molecule has 0 unspecified atom stereocenters. The van der Waals surface area contributed by atoms with Crippen LogP contribution in [0.1, 0.15) is 0 Å². The Labute approximate surface area is 171 Å². The Morgan fingerprint density at radius 1 is 0.690 bits per heavy atom. The molecular formula is C22H14N4O2S. The Morgan fingerprint density at radius 3 is 1.79 bits per heavy atom. The molecule has 0 atom stereocenters. The molecule has 0 amide bonds. The normalized spacial score (nSPS) is 10.4. The second kappa shape index (κ2) is 8.00. The molecule has 0 spiro atoms. The van der Waals surface area contributed by atoms with Gasteiger partial charge in [0.2, 0.25) is 0 Å². The van der Waals surface area contributed by atoms with Crippen molar-refractivity contribution in [3.05, 3.63) is 72.8 Å². The molecule has 6 nitrogen and oxygen atoms in total. The molecule has 7 heteroatoms. The first-order chi connectivity index (χ1) is 14.2. The van der Waals surface area contributed by atoms with Crippen LogP contribution in [0.25, 0.3) is 34.2 Å². The summed E-state index contributed by atoms with van der Waals surface area (Å²) >= 11 is 1.04. The molecule has 1 heterocycles. The number of thiocyanates is 1. The van der Waals surface area contributed by atoms with Gasteiger partial charge >= 0.3 is 0 Å². The summed E-state index contributed by atoms with van der Waals surface area (Å²) in [7, 11) is 0. The van der Waals surface area contributed by atoms with Crippen LogP contribution in [-0.2, 0) is 0 Å². The summed E-state index contributed by atoms with van der Waals surface area (Å²) in [6.07, 6.45) is 0. The van der Waals surface area contributed by atoms with Gasteiger partial charge in [-0.1, -0.05) is 36.4 Å². The van der Waals surface area contributed by atoms with Gasteiger partial charge in [0, 0.05) is 10.5 Å². The van der Waals surface area contributed by atoms with Crippen LogP contribution in [0.3, 0.4) is 0 Å². The zero-order valence-corrected chi connectivity index (χ0v) is 15.8. The molecule has 4 aromatic rings. The SMILES string of the molecule is N#CSc1cccc(-c2nc(-c3ccccc3O)nc(-c3ccccc3O)n2)c1. The van der Waals surface area contributed by atoms with E-state index in [0.29, 0.717) is 22.5 Å². The number of nitrogens with zero attached hydrogens (tertiary/aromatic N) is 4. The fraction of sp³-hybridized carbons (Fsp3) is 0. The Morgan fingerprint density at radius 2 is 1.24 bits per heavy atom. The molecule has 0 aliphatic carbocycles. The number of thioether (sulfide) groups is 1. The van der Waals surface area contributed by atoms with Crippen LogP contribution in [0.15, 0.2) is 77.7 Å². The lowest BCUT2D eigenvalue weighted by atomic mass is 10.1. The van der Waals surface area contributed by atoms with Crippen LogP contribution in [0.4, 0.5) is 0 Å². The Kier molecular flexibility index (Phi) is 5.10. The lowest BCUT2D eigenvalue weighted by Gasteiger charge is -2.10. The lowest BCUT2D eigenvalue weighted by molar-refractivity contribution is 0.477. The molecule has 140 valence electrons. The van der Waals surface area contributed by atoms with Gasteiger partial charge in [-0.05, 0) is 48.2 Å². The fourth-order valence-corrected chi connectivity index (χ4v) is 3.26. The first kappa shape index (κ1) is 18.5. The average Bonchev–Trinajstić information content (AvgIpc) is 2.74. The molecular weight excluding hydrogens is 384 g/mol. The minimum Gasteiger partial charge on any atom is -0.507 e. The lowest BCUT2D eigenvalue weighted by Crippen LogP contribution is -2.00. The van der Waals surface area contributed by atoms with Crippen LogP contribution < -0.4 is 0 Å². The summed E-state index contributed by atoms with van der Waals surface area (Å²) in [6.45, 7) is 0. The first-order valence-electron chi connectivity index (χ1n) is 8.65. The van der Waals surface area contributed by atoms with Crippen molar-refractivity contribution in [3.8, 4) is 51.1 Å². The predicted molar refractivity (Wildman–Crippen MR) is 111 cm³/mol. The average molecular weight is 398 g/mol. The van der Waals surface area contributed by atoms with Gasteiger partial charge in [0.1, 0.15) is 16.9 Å². The highest BCUT2D eigenvalue weighted by Crippen LogP contribution is 2.32. The second-order valence-corrected chi connectivity index (χ2v) is 6.92. The summed E-state index contributed by atoms with van der Waals surface area (Å²) in [5.41, 5.74) is 1.60. The second-order valence-electron chi connectivity index (χ2n) is 6.06. The smallest absolute Gasteiger partial charge is 0.167 e. The highest BCUT2D eigenvalue weighted by Gasteiger charge is 2.16. The highest BCUT2D eigenvalue weighted by atomic mass is 32.2. The van der Waals surface area contributed by atoms with Crippen molar-refractivity contribution in [3.63, 3.8) is 0 Å². The number of aromatic hydroxyl groups is 2. The maximum absolute atomic E-state index is 10.3. The van der Waals surface area contributed by atoms with Crippen molar-refractivity contribution >= 4 is 11.8 Å². The zero-order valence-electron chi connectivity index (χ0n) is 15.0. The van der Waals surface area contributed by atoms with Crippen molar-refractivity contribution in [2.75, 3.05) is 0 Å². The van der Waals surface area contributed by atoms with Crippen molar-refractivity contribution in [2.45, 2.75) is 4.90 Å². The van der Waals surface area contributed by atoms with Gasteiger partial charge in [-0.3, -0.25) is 0 Å².